The van der Waals surface area contributed by atoms with Crippen molar-refractivity contribution in [2.75, 3.05) is 7.05 Å². The number of nitro benzene ring substituents is 1. The molecule has 0 saturated carbocycles. The molecule has 0 aliphatic heterocycles. The van der Waals surface area contributed by atoms with Gasteiger partial charge in [0.05, 0.1) is 11.0 Å². The van der Waals surface area contributed by atoms with Crippen LogP contribution in [0.4, 0.5) is 10.1 Å². The van der Waals surface area contributed by atoms with Gasteiger partial charge >= 0.3 is 5.69 Å². The summed E-state index contributed by atoms with van der Waals surface area (Å²) in [6.45, 7) is 3.84. The number of nitro groups is 1. The minimum absolute atomic E-state index is 0.133. The lowest BCUT2D eigenvalue weighted by Crippen LogP contribution is -2.36. The van der Waals surface area contributed by atoms with E-state index in [1.54, 1.807) is 7.05 Å². The Labute approximate surface area is 105 Å². The fourth-order valence-corrected chi connectivity index (χ4v) is 1.92. The molecular weight excluding hydrogens is 239 g/mol. The number of nitrogens with one attached hydrogen (secondary N) is 1. The van der Waals surface area contributed by atoms with E-state index in [0.717, 1.165) is 12.1 Å². The molecule has 0 aliphatic carbocycles. The topological polar surface area (TPSA) is 75.4 Å². The van der Waals surface area contributed by atoms with Gasteiger partial charge in [0, 0.05) is 12.1 Å². The summed E-state index contributed by atoms with van der Waals surface area (Å²) in [5.74, 6) is -0.768. The van der Waals surface area contributed by atoms with Crippen molar-refractivity contribution in [3.8, 4) is 0 Å². The molecule has 1 rings (SSSR count). The first kappa shape index (κ1) is 14.5. The number of benzene rings is 1. The molecule has 0 amide bonds. The number of aliphatic hydroxyl groups excluding tert-OH is 1. The van der Waals surface area contributed by atoms with E-state index in [-0.39, 0.29) is 12.0 Å². The smallest absolute Gasteiger partial charge is 0.305 e. The molecule has 0 aromatic heterocycles. The Morgan fingerprint density at radius 2 is 2.06 bits per heavy atom. The fraction of sp³-hybridized carbons (Fsp3) is 0.500. The average molecular weight is 256 g/mol. The minimum atomic E-state index is -0.922. The van der Waals surface area contributed by atoms with Crippen LogP contribution < -0.4 is 5.32 Å². The van der Waals surface area contributed by atoms with Crippen molar-refractivity contribution in [2.24, 2.45) is 5.92 Å². The highest BCUT2D eigenvalue weighted by molar-refractivity contribution is 5.37. The maximum Gasteiger partial charge on any atom is 0.305 e. The summed E-state index contributed by atoms with van der Waals surface area (Å²) < 4.78 is 13.2. The first-order chi connectivity index (χ1) is 8.38. The Morgan fingerprint density at radius 3 is 2.50 bits per heavy atom. The third kappa shape index (κ3) is 3.02. The van der Waals surface area contributed by atoms with Gasteiger partial charge in [-0.15, -0.1) is 0 Å². The predicted molar refractivity (Wildman–Crippen MR) is 65.7 cm³/mol. The van der Waals surface area contributed by atoms with Crippen molar-refractivity contribution < 1.29 is 14.4 Å². The van der Waals surface area contributed by atoms with Gasteiger partial charge in [-0.05, 0) is 24.6 Å². The Kier molecular flexibility index (Phi) is 4.75. The van der Waals surface area contributed by atoms with Crippen molar-refractivity contribution in [3.63, 3.8) is 0 Å². The van der Waals surface area contributed by atoms with Gasteiger partial charge < -0.3 is 10.4 Å². The Balaban J connectivity index is 3.10. The van der Waals surface area contributed by atoms with E-state index in [0.29, 0.717) is 5.56 Å². The lowest BCUT2D eigenvalue weighted by Gasteiger charge is -2.26. The summed E-state index contributed by atoms with van der Waals surface area (Å²) in [4.78, 5) is 9.84. The maximum absolute atomic E-state index is 13.2. The third-order valence-electron chi connectivity index (χ3n) is 2.90. The minimum Gasteiger partial charge on any atom is -0.387 e. The van der Waals surface area contributed by atoms with Crippen LogP contribution in [0.25, 0.3) is 0 Å². The Hall–Kier alpha value is -1.53. The van der Waals surface area contributed by atoms with E-state index in [2.05, 4.69) is 5.32 Å². The third-order valence-corrected chi connectivity index (χ3v) is 2.90. The molecule has 2 N–H and O–H groups in total. The Morgan fingerprint density at radius 1 is 1.44 bits per heavy atom. The van der Waals surface area contributed by atoms with E-state index in [9.17, 15) is 19.6 Å². The van der Waals surface area contributed by atoms with Crippen LogP contribution in [0, 0.1) is 21.8 Å². The van der Waals surface area contributed by atoms with E-state index in [1.807, 2.05) is 13.8 Å². The van der Waals surface area contributed by atoms with E-state index < -0.39 is 22.5 Å². The number of nitrogens with zero attached hydrogens (tertiary/aromatic N) is 1. The lowest BCUT2D eigenvalue weighted by molar-refractivity contribution is -0.387. The van der Waals surface area contributed by atoms with Crippen LogP contribution in [0.15, 0.2) is 18.2 Å². The van der Waals surface area contributed by atoms with Crippen LogP contribution in [-0.4, -0.2) is 23.1 Å². The molecule has 18 heavy (non-hydrogen) atoms. The average Bonchev–Trinajstić information content (AvgIpc) is 2.29. The molecule has 100 valence electrons. The Bertz CT molecular complexity index is 437. The summed E-state index contributed by atoms with van der Waals surface area (Å²) in [5.41, 5.74) is -0.290. The molecule has 0 heterocycles. The van der Waals surface area contributed by atoms with Gasteiger partial charge in [0.1, 0.15) is 0 Å². The number of likely N-dealkylation sites (N-methyl/N-ethyl adjacent to an activating group) is 1. The summed E-state index contributed by atoms with van der Waals surface area (Å²) in [6, 6.07) is 3.19. The molecule has 2 atom stereocenters. The quantitative estimate of drug-likeness (QED) is 0.624. The normalized spacial score (nSPS) is 14.6. The van der Waals surface area contributed by atoms with Crippen molar-refractivity contribution in [1.82, 2.24) is 5.32 Å². The fourth-order valence-electron chi connectivity index (χ4n) is 1.92. The molecule has 0 spiro atoms. The van der Waals surface area contributed by atoms with Crippen LogP contribution in [0.1, 0.15) is 25.5 Å². The molecule has 0 saturated heterocycles. The number of hydrogen-bond donors (Lipinski definition) is 2. The number of aliphatic hydroxyl groups is 1. The van der Waals surface area contributed by atoms with Gasteiger partial charge in [0.25, 0.3) is 0 Å². The zero-order valence-corrected chi connectivity index (χ0v) is 10.6. The van der Waals surface area contributed by atoms with E-state index >= 15 is 0 Å². The molecule has 5 nitrogen and oxygen atoms in total. The van der Waals surface area contributed by atoms with Crippen LogP contribution in [0.3, 0.4) is 0 Å². The summed E-state index contributed by atoms with van der Waals surface area (Å²) in [6.07, 6.45) is -0.922. The number of hydrogen-bond acceptors (Lipinski definition) is 4. The summed E-state index contributed by atoms with van der Waals surface area (Å²) in [7, 11) is 1.70. The highest BCUT2D eigenvalue weighted by Gasteiger charge is 2.25. The molecular formula is C12H17FN2O3. The predicted octanol–water partition coefficient (Wildman–Crippen LogP) is 2.01. The van der Waals surface area contributed by atoms with E-state index in [4.69, 9.17) is 0 Å². The van der Waals surface area contributed by atoms with Gasteiger partial charge in [-0.3, -0.25) is 10.1 Å². The number of halogens is 1. The first-order valence-corrected chi connectivity index (χ1v) is 5.67. The van der Waals surface area contributed by atoms with Crippen LogP contribution >= 0.6 is 0 Å². The highest BCUT2D eigenvalue weighted by Crippen LogP contribution is 2.26. The molecule has 1 aromatic rings. The first-order valence-electron chi connectivity index (χ1n) is 5.67. The lowest BCUT2D eigenvalue weighted by atomic mass is 9.93. The molecule has 2 unspecified atom stereocenters. The van der Waals surface area contributed by atoms with Gasteiger partial charge in [0.15, 0.2) is 0 Å². The van der Waals surface area contributed by atoms with E-state index in [1.165, 1.54) is 6.07 Å². The molecule has 0 bridgehead atoms. The van der Waals surface area contributed by atoms with Crippen molar-refractivity contribution in [2.45, 2.75) is 26.0 Å². The maximum atomic E-state index is 13.2. The summed E-state index contributed by atoms with van der Waals surface area (Å²) >= 11 is 0. The van der Waals surface area contributed by atoms with Crippen molar-refractivity contribution in [1.29, 1.82) is 0 Å². The van der Waals surface area contributed by atoms with Gasteiger partial charge in [0.2, 0.25) is 5.82 Å². The largest absolute Gasteiger partial charge is 0.387 e. The second-order valence-corrected chi connectivity index (χ2v) is 4.47. The number of rotatable bonds is 5. The monoisotopic (exact) mass is 256 g/mol. The molecule has 1 aromatic carbocycles. The SMILES string of the molecule is CNC(C(C)C)C(O)c1ccc(F)c([N+](=O)[O-])c1. The zero-order valence-electron chi connectivity index (χ0n) is 10.6. The zero-order chi connectivity index (χ0) is 13.9. The molecule has 6 heteroatoms. The standard InChI is InChI=1S/C12H17FN2O3/c1-7(2)11(14-3)12(16)8-4-5-9(13)10(6-8)15(17)18/h4-7,11-12,14,16H,1-3H3. The molecule has 0 aliphatic rings. The van der Waals surface area contributed by atoms with Gasteiger partial charge in [-0.1, -0.05) is 19.9 Å². The summed E-state index contributed by atoms with van der Waals surface area (Å²) in [5, 5.41) is 23.7. The van der Waals surface area contributed by atoms with Crippen LogP contribution in [0.2, 0.25) is 0 Å². The van der Waals surface area contributed by atoms with Gasteiger partial charge in [-0.2, -0.15) is 4.39 Å². The van der Waals surface area contributed by atoms with Crippen LogP contribution in [0.5, 0.6) is 0 Å². The highest BCUT2D eigenvalue weighted by atomic mass is 19.1. The van der Waals surface area contributed by atoms with Crippen LogP contribution in [-0.2, 0) is 0 Å². The molecule has 0 fully saturated rings. The van der Waals surface area contributed by atoms with Crippen molar-refractivity contribution in [3.05, 3.63) is 39.7 Å². The van der Waals surface area contributed by atoms with Gasteiger partial charge in [-0.25, -0.2) is 0 Å². The second kappa shape index (κ2) is 5.88. The second-order valence-electron chi connectivity index (χ2n) is 4.47. The molecule has 0 radical (unpaired) electrons. The van der Waals surface area contributed by atoms with Crippen molar-refractivity contribution >= 4 is 5.69 Å².